The molecule has 0 aliphatic rings. The van der Waals surface area contributed by atoms with Crippen molar-refractivity contribution in [1.82, 2.24) is 4.90 Å². The van der Waals surface area contributed by atoms with Crippen LogP contribution in [-0.4, -0.2) is 34.5 Å². The highest BCUT2D eigenvalue weighted by Crippen LogP contribution is 2.24. The van der Waals surface area contributed by atoms with Gasteiger partial charge in [-0.05, 0) is 41.9 Å². The molecule has 1 rings (SSSR count). The number of carbonyl (C=O) groups is 2. The van der Waals surface area contributed by atoms with Gasteiger partial charge in [-0.15, -0.1) is 11.3 Å². The summed E-state index contributed by atoms with van der Waals surface area (Å²) in [5.41, 5.74) is 0. The van der Waals surface area contributed by atoms with E-state index in [1.54, 1.807) is 17.9 Å². The lowest BCUT2D eigenvalue weighted by Crippen LogP contribution is -2.39. The minimum atomic E-state index is -0.892. The maximum atomic E-state index is 12.1. The summed E-state index contributed by atoms with van der Waals surface area (Å²) >= 11 is 4.66. The lowest BCUT2D eigenvalue weighted by Gasteiger charge is -2.26. The van der Waals surface area contributed by atoms with Crippen molar-refractivity contribution in [2.75, 3.05) is 6.54 Å². The van der Waals surface area contributed by atoms with Crippen LogP contribution in [0.2, 0.25) is 0 Å². The van der Waals surface area contributed by atoms with Crippen LogP contribution in [0, 0.1) is 0 Å². The van der Waals surface area contributed by atoms with Crippen LogP contribution in [-0.2, 0) is 4.79 Å². The number of nitrogens with zero attached hydrogens (tertiary/aromatic N) is 1. The Labute approximate surface area is 112 Å². The summed E-state index contributed by atoms with van der Waals surface area (Å²) in [5.74, 6) is -1.01. The second-order valence-electron chi connectivity index (χ2n) is 3.64. The van der Waals surface area contributed by atoms with Crippen LogP contribution in [0.15, 0.2) is 15.9 Å². The Hall–Kier alpha value is -0.880. The highest BCUT2D eigenvalue weighted by molar-refractivity contribution is 9.11. The van der Waals surface area contributed by atoms with Crippen molar-refractivity contribution in [2.45, 2.75) is 26.3 Å². The van der Waals surface area contributed by atoms with E-state index in [0.29, 0.717) is 11.4 Å². The van der Waals surface area contributed by atoms with Gasteiger partial charge in [-0.1, -0.05) is 0 Å². The first-order valence-electron chi connectivity index (χ1n) is 5.23. The van der Waals surface area contributed by atoms with Crippen molar-refractivity contribution in [2.24, 2.45) is 0 Å². The number of carboxylic acid groups (broad SMARTS) is 1. The van der Waals surface area contributed by atoms with Crippen LogP contribution in [0.25, 0.3) is 0 Å². The summed E-state index contributed by atoms with van der Waals surface area (Å²) in [5, 5.41) is 8.74. The molecule has 0 saturated carbocycles. The number of amides is 1. The Bertz CT molecular complexity index is 419. The maximum Gasteiger partial charge on any atom is 0.305 e. The van der Waals surface area contributed by atoms with E-state index in [0.717, 1.165) is 3.79 Å². The fourth-order valence-electron chi connectivity index (χ4n) is 1.59. The van der Waals surface area contributed by atoms with Gasteiger partial charge in [0.25, 0.3) is 5.91 Å². The third-order valence-electron chi connectivity index (χ3n) is 2.39. The van der Waals surface area contributed by atoms with E-state index < -0.39 is 5.97 Å². The molecule has 4 nitrogen and oxygen atoms in total. The van der Waals surface area contributed by atoms with Crippen LogP contribution in [0.1, 0.15) is 29.9 Å². The first-order valence-corrected chi connectivity index (χ1v) is 6.84. The van der Waals surface area contributed by atoms with Crippen LogP contribution < -0.4 is 0 Å². The lowest BCUT2D eigenvalue weighted by atomic mass is 10.2. The van der Waals surface area contributed by atoms with E-state index in [-0.39, 0.29) is 18.4 Å². The summed E-state index contributed by atoms with van der Waals surface area (Å²) in [6, 6.07) is 3.26. The fraction of sp³-hybridized carbons (Fsp3) is 0.455. The normalized spacial score (nSPS) is 12.2. The van der Waals surface area contributed by atoms with Crippen LogP contribution in [0.5, 0.6) is 0 Å². The molecule has 0 spiro atoms. The molecule has 1 aromatic rings. The topological polar surface area (TPSA) is 57.6 Å². The molecule has 0 radical (unpaired) electrons. The number of rotatable bonds is 5. The van der Waals surface area contributed by atoms with Crippen molar-refractivity contribution >= 4 is 39.1 Å². The predicted molar refractivity (Wildman–Crippen MR) is 70.4 cm³/mol. The first-order chi connectivity index (χ1) is 7.95. The summed E-state index contributed by atoms with van der Waals surface area (Å²) in [6.07, 6.45) is -0.0356. The summed E-state index contributed by atoms with van der Waals surface area (Å²) in [7, 11) is 0. The van der Waals surface area contributed by atoms with Gasteiger partial charge in [0.2, 0.25) is 0 Å². The van der Waals surface area contributed by atoms with Gasteiger partial charge in [0.05, 0.1) is 15.1 Å². The first kappa shape index (κ1) is 14.2. The fourth-order valence-corrected chi connectivity index (χ4v) is 2.93. The Balaban J connectivity index is 2.80. The number of aliphatic carboxylic acids is 1. The second kappa shape index (κ2) is 6.16. The van der Waals surface area contributed by atoms with Crippen molar-refractivity contribution in [1.29, 1.82) is 0 Å². The van der Waals surface area contributed by atoms with Crippen molar-refractivity contribution in [3.63, 3.8) is 0 Å². The van der Waals surface area contributed by atoms with Crippen LogP contribution >= 0.6 is 27.3 Å². The van der Waals surface area contributed by atoms with E-state index >= 15 is 0 Å². The minimum absolute atomic E-state index is 0.0356. The molecule has 1 N–H and O–H groups in total. The van der Waals surface area contributed by atoms with Gasteiger partial charge in [0, 0.05) is 12.6 Å². The van der Waals surface area contributed by atoms with E-state index in [1.807, 2.05) is 13.0 Å². The largest absolute Gasteiger partial charge is 0.481 e. The molecule has 94 valence electrons. The Morgan fingerprint density at radius 2 is 2.18 bits per heavy atom. The SMILES string of the molecule is CCN(C(=O)c1ccc(Br)s1)C(C)CC(=O)O. The molecule has 0 bridgehead atoms. The molecule has 0 aromatic carbocycles. The van der Waals surface area contributed by atoms with Gasteiger partial charge in [0.1, 0.15) is 0 Å². The molecule has 0 aliphatic heterocycles. The van der Waals surface area contributed by atoms with Crippen molar-refractivity contribution < 1.29 is 14.7 Å². The minimum Gasteiger partial charge on any atom is -0.481 e. The average molecular weight is 320 g/mol. The third kappa shape index (κ3) is 3.81. The smallest absolute Gasteiger partial charge is 0.305 e. The van der Waals surface area contributed by atoms with Gasteiger partial charge in [-0.2, -0.15) is 0 Å². The molecule has 1 aromatic heterocycles. The predicted octanol–water partition coefficient (Wildman–Crippen LogP) is 2.84. The molecule has 6 heteroatoms. The van der Waals surface area contributed by atoms with Gasteiger partial charge >= 0.3 is 5.97 Å². The number of halogens is 1. The molecule has 0 saturated heterocycles. The molecular formula is C11H14BrNO3S. The number of carboxylic acids is 1. The summed E-state index contributed by atoms with van der Waals surface area (Å²) in [6.45, 7) is 4.10. The molecule has 0 aliphatic carbocycles. The van der Waals surface area contributed by atoms with E-state index in [1.165, 1.54) is 11.3 Å². The quantitative estimate of drug-likeness (QED) is 0.907. The molecule has 0 fully saturated rings. The Morgan fingerprint density at radius 1 is 1.53 bits per heavy atom. The molecule has 1 atom stereocenters. The third-order valence-corrected chi connectivity index (χ3v) is 4.00. The highest BCUT2D eigenvalue weighted by atomic mass is 79.9. The molecular weight excluding hydrogens is 306 g/mol. The number of hydrogen-bond acceptors (Lipinski definition) is 3. The standard InChI is InChI=1S/C11H14BrNO3S/c1-3-13(7(2)6-10(14)15)11(16)8-4-5-9(12)17-8/h4-5,7H,3,6H2,1-2H3,(H,14,15). The molecule has 1 unspecified atom stereocenters. The van der Waals surface area contributed by atoms with Gasteiger partial charge in [0.15, 0.2) is 0 Å². The number of hydrogen-bond donors (Lipinski definition) is 1. The van der Waals surface area contributed by atoms with Gasteiger partial charge in [-0.25, -0.2) is 0 Å². The van der Waals surface area contributed by atoms with Gasteiger partial charge in [-0.3, -0.25) is 9.59 Å². The van der Waals surface area contributed by atoms with Gasteiger partial charge < -0.3 is 10.0 Å². The summed E-state index contributed by atoms with van der Waals surface area (Å²) in [4.78, 5) is 25.0. The zero-order valence-corrected chi connectivity index (χ0v) is 12.0. The molecule has 1 amide bonds. The number of thiophene rings is 1. The van der Waals surface area contributed by atoms with Crippen LogP contribution in [0.4, 0.5) is 0 Å². The zero-order valence-electron chi connectivity index (χ0n) is 9.64. The zero-order chi connectivity index (χ0) is 13.0. The Kier molecular flexibility index (Phi) is 5.14. The van der Waals surface area contributed by atoms with E-state index in [2.05, 4.69) is 15.9 Å². The second-order valence-corrected chi connectivity index (χ2v) is 6.10. The van der Waals surface area contributed by atoms with E-state index in [4.69, 9.17) is 5.11 Å². The monoisotopic (exact) mass is 319 g/mol. The molecule has 1 heterocycles. The number of carbonyl (C=O) groups excluding carboxylic acids is 1. The Morgan fingerprint density at radius 3 is 2.59 bits per heavy atom. The summed E-state index contributed by atoms with van der Waals surface area (Å²) < 4.78 is 0.891. The highest BCUT2D eigenvalue weighted by Gasteiger charge is 2.22. The van der Waals surface area contributed by atoms with E-state index in [9.17, 15) is 9.59 Å². The van der Waals surface area contributed by atoms with Crippen molar-refractivity contribution in [3.05, 3.63) is 20.8 Å². The van der Waals surface area contributed by atoms with Crippen LogP contribution in [0.3, 0.4) is 0 Å². The van der Waals surface area contributed by atoms with Crippen molar-refractivity contribution in [3.8, 4) is 0 Å². The lowest BCUT2D eigenvalue weighted by molar-refractivity contribution is -0.138. The molecule has 17 heavy (non-hydrogen) atoms. The maximum absolute atomic E-state index is 12.1. The average Bonchev–Trinajstić information content (AvgIpc) is 2.64.